The topological polar surface area (TPSA) is 48.0 Å². The maximum atomic E-state index is 4.64. The van der Waals surface area contributed by atoms with E-state index in [1.165, 1.54) is 32.1 Å². The zero-order chi connectivity index (χ0) is 16.4. The van der Waals surface area contributed by atoms with Gasteiger partial charge in [0.15, 0.2) is 5.16 Å². The fourth-order valence-electron chi connectivity index (χ4n) is 3.49. The zero-order valence-electron chi connectivity index (χ0n) is 14.1. The summed E-state index contributed by atoms with van der Waals surface area (Å²) in [6.45, 7) is 0. The fourth-order valence-corrected chi connectivity index (χ4v) is 4.31. The Balaban J connectivity index is 1.41. The van der Waals surface area contributed by atoms with Gasteiger partial charge < -0.3 is 8.97 Å². The van der Waals surface area contributed by atoms with Gasteiger partial charge in [0, 0.05) is 31.6 Å². The van der Waals surface area contributed by atoms with Crippen molar-refractivity contribution < 1.29 is 0 Å². The van der Waals surface area contributed by atoms with Crippen LogP contribution in [0, 0.1) is 5.92 Å². The van der Waals surface area contributed by atoms with Crippen molar-refractivity contribution in [2.75, 3.05) is 0 Å². The van der Waals surface area contributed by atoms with Gasteiger partial charge in [-0.25, -0.2) is 4.98 Å². The maximum Gasteiger partial charge on any atom is 0.191 e. The molecule has 1 fully saturated rings. The number of nitrogens with zero attached hydrogens (tertiary/aromatic N) is 5. The fraction of sp³-hybridized carbons (Fsp3) is 0.500. The lowest BCUT2D eigenvalue weighted by molar-refractivity contribution is 0.348. The van der Waals surface area contributed by atoms with E-state index >= 15 is 0 Å². The molecule has 0 N–H and O–H groups in total. The third-order valence-electron chi connectivity index (χ3n) is 4.88. The summed E-state index contributed by atoms with van der Waals surface area (Å²) in [5.74, 6) is 2.73. The highest BCUT2D eigenvalue weighted by Crippen LogP contribution is 2.27. The van der Waals surface area contributed by atoms with Crippen LogP contribution in [0.3, 0.4) is 0 Å². The molecule has 6 heteroatoms. The minimum Gasteiger partial charge on any atom is -0.309 e. The predicted molar refractivity (Wildman–Crippen MR) is 96.0 cm³/mol. The van der Waals surface area contributed by atoms with E-state index in [0.717, 1.165) is 40.4 Å². The second kappa shape index (κ2) is 6.97. The molecule has 0 spiro atoms. The van der Waals surface area contributed by atoms with Gasteiger partial charge in [-0.3, -0.25) is 0 Å². The Bertz CT molecular complexity index is 783. The van der Waals surface area contributed by atoms with E-state index in [-0.39, 0.29) is 0 Å². The van der Waals surface area contributed by atoms with E-state index in [1.807, 2.05) is 24.4 Å². The van der Waals surface area contributed by atoms with Crippen LogP contribution in [0.2, 0.25) is 0 Å². The molecule has 0 aliphatic heterocycles. The first-order valence-corrected chi connectivity index (χ1v) is 9.72. The molecule has 3 aromatic rings. The molecule has 1 saturated carbocycles. The van der Waals surface area contributed by atoms with Crippen LogP contribution in [0.4, 0.5) is 0 Å². The molecule has 3 heterocycles. The number of hydrogen-bond donors (Lipinski definition) is 0. The van der Waals surface area contributed by atoms with Gasteiger partial charge in [0.1, 0.15) is 11.5 Å². The van der Waals surface area contributed by atoms with Gasteiger partial charge >= 0.3 is 0 Å². The molecule has 0 amide bonds. The van der Waals surface area contributed by atoms with Crippen LogP contribution in [0.25, 0.3) is 5.65 Å². The van der Waals surface area contributed by atoms with E-state index in [1.54, 1.807) is 11.8 Å². The van der Waals surface area contributed by atoms with Crippen molar-refractivity contribution in [3.8, 4) is 0 Å². The van der Waals surface area contributed by atoms with Crippen LogP contribution >= 0.6 is 11.8 Å². The Morgan fingerprint density at radius 3 is 2.88 bits per heavy atom. The van der Waals surface area contributed by atoms with Crippen LogP contribution in [-0.2, 0) is 19.2 Å². The standard InChI is InChI=1S/C18H23N5S/c1-22-17(11-14-7-3-2-4-8-14)20-21-18(22)24-13-15-12-23-10-6-5-9-16(23)19-15/h5-6,9-10,12,14H,2-4,7-8,11,13H2,1H3. The van der Waals surface area contributed by atoms with Crippen LogP contribution in [-0.4, -0.2) is 24.1 Å². The molecule has 0 aromatic carbocycles. The number of pyridine rings is 1. The van der Waals surface area contributed by atoms with Crippen molar-refractivity contribution in [1.82, 2.24) is 24.1 Å². The van der Waals surface area contributed by atoms with Crippen LogP contribution < -0.4 is 0 Å². The van der Waals surface area contributed by atoms with E-state index < -0.39 is 0 Å². The summed E-state index contributed by atoms with van der Waals surface area (Å²) in [4.78, 5) is 4.64. The molecule has 0 saturated heterocycles. The number of fused-ring (bicyclic) bond motifs is 1. The van der Waals surface area contributed by atoms with Crippen LogP contribution in [0.5, 0.6) is 0 Å². The first kappa shape index (κ1) is 15.7. The molecule has 126 valence electrons. The predicted octanol–water partition coefficient (Wildman–Crippen LogP) is 3.88. The van der Waals surface area contributed by atoms with Crippen molar-refractivity contribution in [3.63, 3.8) is 0 Å². The highest BCUT2D eigenvalue weighted by atomic mass is 32.2. The summed E-state index contributed by atoms with van der Waals surface area (Å²) < 4.78 is 4.22. The Hall–Kier alpha value is -1.82. The Morgan fingerprint density at radius 2 is 2.04 bits per heavy atom. The molecule has 1 aliphatic carbocycles. The van der Waals surface area contributed by atoms with Crippen LogP contribution in [0.1, 0.15) is 43.6 Å². The SMILES string of the molecule is Cn1c(CC2CCCCC2)nnc1SCc1cn2ccccc2n1. The van der Waals surface area contributed by atoms with E-state index in [2.05, 4.69) is 37.4 Å². The quantitative estimate of drug-likeness (QED) is 0.661. The van der Waals surface area contributed by atoms with Gasteiger partial charge in [0.2, 0.25) is 0 Å². The number of imidazole rings is 1. The van der Waals surface area contributed by atoms with E-state index in [0.29, 0.717) is 0 Å². The second-order valence-corrected chi connectivity index (χ2v) is 7.60. The maximum absolute atomic E-state index is 4.64. The summed E-state index contributed by atoms with van der Waals surface area (Å²) in [5.41, 5.74) is 2.06. The van der Waals surface area contributed by atoms with Gasteiger partial charge in [-0.05, 0) is 18.1 Å². The molecular formula is C18H23N5S. The van der Waals surface area contributed by atoms with Gasteiger partial charge in [0.25, 0.3) is 0 Å². The second-order valence-electron chi connectivity index (χ2n) is 6.65. The Labute approximate surface area is 146 Å². The minimum absolute atomic E-state index is 0.790. The summed E-state index contributed by atoms with van der Waals surface area (Å²) in [6, 6.07) is 6.06. The number of rotatable bonds is 5. The normalized spacial score (nSPS) is 16.0. The highest BCUT2D eigenvalue weighted by molar-refractivity contribution is 7.98. The third kappa shape index (κ3) is 3.34. The van der Waals surface area contributed by atoms with Crippen molar-refractivity contribution in [2.24, 2.45) is 13.0 Å². The van der Waals surface area contributed by atoms with Crippen LogP contribution in [0.15, 0.2) is 35.7 Å². The highest BCUT2D eigenvalue weighted by Gasteiger charge is 2.18. The van der Waals surface area contributed by atoms with Gasteiger partial charge in [-0.2, -0.15) is 0 Å². The molecule has 0 unspecified atom stereocenters. The smallest absolute Gasteiger partial charge is 0.191 e. The third-order valence-corrected chi connectivity index (χ3v) is 5.94. The molecule has 0 radical (unpaired) electrons. The van der Waals surface area contributed by atoms with E-state index in [4.69, 9.17) is 0 Å². The van der Waals surface area contributed by atoms with Crippen molar-refractivity contribution >= 4 is 17.4 Å². The lowest BCUT2D eigenvalue weighted by Crippen LogP contribution is -2.12. The van der Waals surface area contributed by atoms with Gasteiger partial charge in [-0.1, -0.05) is 49.9 Å². The van der Waals surface area contributed by atoms with Crippen molar-refractivity contribution in [2.45, 2.75) is 49.4 Å². The molecule has 24 heavy (non-hydrogen) atoms. The molecule has 3 aromatic heterocycles. The number of hydrogen-bond acceptors (Lipinski definition) is 4. The summed E-state index contributed by atoms with van der Waals surface area (Å²) in [7, 11) is 2.09. The minimum atomic E-state index is 0.790. The number of thioether (sulfide) groups is 1. The lowest BCUT2D eigenvalue weighted by atomic mass is 9.87. The summed E-state index contributed by atoms with van der Waals surface area (Å²) in [5, 5.41) is 9.81. The monoisotopic (exact) mass is 341 g/mol. The lowest BCUT2D eigenvalue weighted by Gasteiger charge is -2.20. The molecule has 5 nitrogen and oxygen atoms in total. The van der Waals surface area contributed by atoms with Gasteiger partial charge in [0.05, 0.1) is 5.69 Å². The molecule has 1 aliphatic rings. The molecular weight excluding hydrogens is 318 g/mol. The van der Waals surface area contributed by atoms with Crippen molar-refractivity contribution in [1.29, 1.82) is 0 Å². The number of aromatic nitrogens is 5. The Morgan fingerprint density at radius 1 is 1.17 bits per heavy atom. The average molecular weight is 341 g/mol. The van der Waals surface area contributed by atoms with E-state index in [9.17, 15) is 0 Å². The molecule has 0 atom stereocenters. The first-order chi connectivity index (χ1) is 11.8. The zero-order valence-corrected chi connectivity index (χ0v) is 14.9. The summed E-state index contributed by atoms with van der Waals surface area (Å²) >= 11 is 1.71. The average Bonchev–Trinajstić information content (AvgIpc) is 3.18. The Kier molecular flexibility index (Phi) is 4.56. The molecule has 4 rings (SSSR count). The van der Waals surface area contributed by atoms with Gasteiger partial charge in [-0.15, -0.1) is 10.2 Å². The molecule has 0 bridgehead atoms. The first-order valence-electron chi connectivity index (χ1n) is 8.73. The van der Waals surface area contributed by atoms with Crippen molar-refractivity contribution in [3.05, 3.63) is 42.1 Å². The summed E-state index contributed by atoms with van der Waals surface area (Å²) in [6.07, 6.45) is 12.0. The largest absolute Gasteiger partial charge is 0.309 e.